The standard InChI is InChI=1S/C16H20N2O4/c1-4-17(5-2)13-10-14(19)18(15(13)20)12-8-6-11(7-9-12)16(21)22-3/h6-9,13H,4-5,10H2,1-3H3. The van der Waals surface area contributed by atoms with Gasteiger partial charge in [0.25, 0.3) is 5.91 Å². The summed E-state index contributed by atoms with van der Waals surface area (Å²) in [5.41, 5.74) is 0.864. The van der Waals surface area contributed by atoms with E-state index < -0.39 is 12.0 Å². The first-order chi connectivity index (χ1) is 10.5. The number of rotatable bonds is 5. The molecule has 1 aromatic carbocycles. The van der Waals surface area contributed by atoms with E-state index in [2.05, 4.69) is 4.74 Å². The topological polar surface area (TPSA) is 66.9 Å². The second-order valence-corrected chi connectivity index (χ2v) is 5.05. The molecule has 22 heavy (non-hydrogen) atoms. The van der Waals surface area contributed by atoms with Crippen LogP contribution in [0.25, 0.3) is 0 Å². The molecule has 0 bridgehead atoms. The van der Waals surface area contributed by atoms with E-state index in [9.17, 15) is 14.4 Å². The van der Waals surface area contributed by atoms with Crippen molar-refractivity contribution in [3.8, 4) is 0 Å². The molecular formula is C16H20N2O4. The van der Waals surface area contributed by atoms with Crippen LogP contribution in [0.1, 0.15) is 30.6 Å². The van der Waals surface area contributed by atoms with Crippen LogP contribution >= 0.6 is 0 Å². The average molecular weight is 304 g/mol. The van der Waals surface area contributed by atoms with Gasteiger partial charge in [-0.05, 0) is 37.4 Å². The Morgan fingerprint density at radius 2 is 1.82 bits per heavy atom. The van der Waals surface area contributed by atoms with Crippen LogP contribution in [0.3, 0.4) is 0 Å². The van der Waals surface area contributed by atoms with E-state index in [-0.39, 0.29) is 18.2 Å². The van der Waals surface area contributed by atoms with Gasteiger partial charge in [0.2, 0.25) is 5.91 Å². The summed E-state index contributed by atoms with van der Waals surface area (Å²) in [6.07, 6.45) is 0.194. The van der Waals surface area contributed by atoms with Crippen molar-refractivity contribution in [2.24, 2.45) is 0 Å². The summed E-state index contributed by atoms with van der Waals surface area (Å²) >= 11 is 0. The Balaban J connectivity index is 2.23. The van der Waals surface area contributed by atoms with Crippen molar-refractivity contribution in [3.05, 3.63) is 29.8 Å². The number of amides is 2. The Morgan fingerprint density at radius 1 is 1.23 bits per heavy atom. The van der Waals surface area contributed by atoms with E-state index in [4.69, 9.17) is 0 Å². The Kier molecular flexibility index (Phi) is 4.92. The number of ether oxygens (including phenoxy) is 1. The van der Waals surface area contributed by atoms with Crippen molar-refractivity contribution >= 4 is 23.5 Å². The first-order valence-electron chi connectivity index (χ1n) is 7.32. The van der Waals surface area contributed by atoms with Gasteiger partial charge in [0.15, 0.2) is 0 Å². The molecule has 1 saturated heterocycles. The molecule has 0 spiro atoms. The first-order valence-corrected chi connectivity index (χ1v) is 7.32. The zero-order valence-electron chi connectivity index (χ0n) is 13.0. The molecule has 1 atom stereocenters. The van der Waals surface area contributed by atoms with Crippen molar-refractivity contribution in [2.45, 2.75) is 26.3 Å². The van der Waals surface area contributed by atoms with Crippen molar-refractivity contribution < 1.29 is 19.1 Å². The Labute approximate surface area is 129 Å². The lowest BCUT2D eigenvalue weighted by molar-refractivity contribution is -0.122. The monoisotopic (exact) mass is 304 g/mol. The highest BCUT2D eigenvalue weighted by molar-refractivity contribution is 6.22. The largest absolute Gasteiger partial charge is 0.465 e. The van der Waals surface area contributed by atoms with Crippen LogP contribution in [0.5, 0.6) is 0 Å². The zero-order valence-corrected chi connectivity index (χ0v) is 13.0. The van der Waals surface area contributed by atoms with E-state index in [0.29, 0.717) is 11.3 Å². The Hall–Kier alpha value is -2.21. The van der Waals surface area contributed by atoms with Gasteiger partial charge >= 0.3 is 5.97 Å². The summed E-state index contributed by atoms with van der Waals surface area (Å²) in [6.45, 7) is 5.37. The normalized spacial score (nSPS) is 18.2. The van der Waals surface area contributed by atoms with Gasteiger partial charge in [0.1, 0.15) is 0 Å². The fourth-order valence-electron chi connectivity index (χ4n) is 2.70. The van der Waals surface area contributed by atoms with Gasteiger partial charge in [-0.3, -0.25) is 14.5 Å². The number of benzene rings is 1. The number of nitrogens with zero attached hydrogens (tertiary/aromatic N) is 2. The minimum atomic E-state index is -0.452. The van der Waals surface area contributed by atoms with Crippen molar-refractivity contribution in [2.75, 3.05) is 25.1 Å². The van der Waals surface area contributed by atoms with E-state index in [1.807, 2.05) is 18.7 Å². The third-order valence-corrected chi connectivity index (χ3v) is 3.92. The van der Waals surface area contributed by atoms with Crippen LogP contribution in [0.2, 0.25) is 0 Å². The summed E-state index contributed by atoms with van der Waals surface area (Å²) < 4.78 is 4.63. The maximum absolute atomic E-state index is 12.5. The Morgan fingerprint density at radius 3 is 2.32 bits per heavy atom. The highest BCUT2D eigenvalue weighted by Crippen LogP contribution is 2.26. The van der Waals surface area contributed by atoms with Gasteiger partial charge in [-0.2, -0.15) is 0 Å². The van der Waals surface area contributed by atoms with E-state index >= 15 is 0 Å². The molecule has 1 aliphatic rings. The molecule has 0 radical (unpaired) electrons. The maximum Gasteiger partial charge on any atom is 0.337 e. The molecule has 0 aromatic heterocycles. The third-order valence-electron chi connectivity index (χ3n) is 3.92. The first kappa shape index (κ1) is 16.2. The molecule has 0 N–H and O–H groups in total. The van der Waals surface area contributed by atoms with Crippen molar-refractivity contribution in [1.82, 2.24) is 4.90 Å². The number of carbonyl (C=O) groups is 3. The number of hydrogen-bond donors (Lipinski definition) is 0. The highest BCUT2D eigenvalue weighted by atomic mass is 16.5. The molecule has 0 aliphatic carbocycles. The summed E-state index contributed by atoms with van der Waals surface area (Å²) in [7, 11) is 1.30. The van der Waals surface area contributed by atoms with Gasteiger partial charge in [-0.25, -0.2) is 9.69 Å². The zero-order chi connectivity index (χ0) is 16.3. The quantitative estimate of drug-likeness (QED) is 0.608. The Bertz CT molecular complexity index is 578. The molecule has 1 unspecified atom stereocenters. The summed E-state index contributed by atoms with van der Waals surface area (Å²) in [4.78, 5) is 39.3. The molecular weight excluding hydrogens is 284 g/mol. The van der Waals surface area contributed by atoms with Crippen LogP contribution in [-0.4, -0.2) is 48.9 Å². The minimum absolute atomic E-state index is 0.194. The van der Waals surface area contributed by atoms with Gasteiger partial charge in [0.05, 0.1) is 30.8 Å². The fraction of sp³-hybridized carbons (Fsp3) is 0.438. The number of esters is 1. The van der Waals surface area contributed by atoms with Gasteiger partial charge in [-0.15, -0.1) is 0 Å². The van der Waals surface area contributed by atoms with Crippen LogP contribution in [0, 0.1) is 0 Å². The molecule has 6 nitrogen and oxygen atoms in total. The lowest BCUT2D eigenvalue weighted by Gasteiger charge is -2.24. The average Bonchev–Trinajstić information content (AvgIpc) is 2.83. The number of hydrogen-bond acceptors (Lipinski definition) is 5. The maximum atomic E-state index is 12.5. The molecule has 1 fully saturated rings. The molecule has 1 aliphatic heterocycles. The van der Waals surface area contributed by atoms with E-state index in [1.54, 1.807) is 24.3 Å². The second kappa shape index (κ2) is 6.70. The summed E-state index contributed by atoms with van der Waals surface area (Å²) in [6, 6.07) is 5.88. The molecule has 2 amide bonds. The predicted molar refractivity (Wildman–Crippen MR) is 81.6 cm³/mol. The van der Waals surface area contributed by atoms with Gasteiger partial charge in [0, 0.05) is 0 Å². The SMILES string of the molecule is CCN(CC)C1CC(=O)N(c2ccc(C(=O)OC)cc2)C1=O. The molecule has 1 heterocycles. The fourth-order valence-corrected chi connectivity index (χ4v) is 2.70. The van der Waals surface area contributed by atoms with E-state index in [0.717, 1.165) is 13.1 Å². The number of methoxy groups -OCH3 is 1. The highest BCUT2D eigenvalue weighted by Gasteiger charge is 2.41. The van der Waals surface area contributed by atoms with Crippen LogP contribution in [-0.2, 0) is 14.3 Å². The summed E-state index contributed by atoms with van der Waals surface area (Å²) in [5.74, 6) is -0.876. The molecule has 0 saturated carbocycles. The number of likely N-dealkylation sites (N-methyl/N-ethyl adjacent to an activating group) is 1. The van der Waals surface area contributed by atoms with Crippen LogP contribution in [0.15, 0.2) is 24.3 Å². The number of anilines is 1. The van der Waals surface area contributed by atoms with Crippen molar-refractivity contribution in [3.63, 3.8) is 0 Å². The van der Waals surface area contributed by atoms with E-state index in [1.165, 1.54) is 12.0 Å². The number of carbonyl (C=O) groups excluding carboxylic acids is 3. The molecule has 2 rings (SSSR count). The second-order valence-electron chi connectivity index (χ2n) is 5.05. The molecule has 6 heteroatoms. The predicted octanol–water partition coefficient (Wildman–Crippen LogP) is 1.45. The molecule has 118 valence electrons. The lowest BCUT2D eigenvalue weighted by atomic mass is 10.2. The smallest absolute Gasteiger partial charge is 0.337 e. The van der Waals surface area contributed by atoms with Crippen LogP contribution < -0.4 is 4.90 Å². The number of imide groups is 1. The van der Waals surface area contributed by atoms with Crippen molar-refractivity contribution in [1.29, 1.82) is 0 Å². The summed E-state index contributed by atoms with van der Waals surface area (Å²) in [5, 5.41) is 0. The third kappa shape index (κ3) is 2.87. The molecule has 1 aromatic rings. The minimum Gasteiger partial charge on any atom is -0.465 e. The van der Waals surface area contributed by atoms with Gasteiger partial charge < -0.3 is 4.74 Å². The lowest BCUT2D eigenvalue weighted by Crippen LogP contribution is -2.42. The van der Waals surface area contributed by atoms with Crippen LogP contribution in [0.4, 0.5) is 5.69 Å². The van der Waals surface area contributed by atoms with Gasteiger partial charge in [-0.1, -0.05) is 13.8 Å².